The highest BCUT2D eigenvalue weighted by atomic mass is 16.5. The molecule has 19 heavy (non-hydrogen) atoms. The molecule has 0 spiro atoms. The fraction of sp³-hybridized carbons (Fsp3) is 0.538. The summed E-state index contributed by atoms with van der Waals surface area (Å²) in [5.41, 5.74) is 6.44. The fourth-order valence-corrected chi connectivity index (χ4v) is 2.15. The van der Waals surface area contributed by atoms with Crippen LogP contribution in [0, 0.1) is 0 Å². The second-order valence-corrected chi connectivity index (χ2v) is 4.72. The van der Waals surface area contributed by atoms with Gasteiger partial charge in [0.05, 0.1) is 13.7 Å². The molecule has 0 atom stereocenters. The van der Waals surface area contributed by atoms with E-state index in [0.29, 0.717) is 18.1 Å². The molecule has 1 fully saturated rings. The van der Waals surface area contributed by atoms with Crippen molar-refractivity contribution in [2.45, 2.75) is 18.9 Å². The van der Waals surface area contributed by atoms with E-state index in [1.165, 1.54) is 7.11 Å². The third kappa shape index (κ3) is 3.90. The summed E-state index contributed by atoms with van der Waals surface area (Å²) in [5, 5.41) is 2.82. The number of ether oxygens (including phenoxy) is 1. The van der Waals surface area contributed by atoms with Gasteiger partial charge < -0.3 is 15.8 Å². The van der Waals surface area contributed by atoms with E-state index in [9.17, 15) is 4.79 Å². The number of carbonyl (C=O) groups excluding carboxylic acids is 1. The van der Waals surface area contributed by atoms with Gasteiger partial charge in [-0.3, -0.25) is 9.69 Å². The Balaban J connectivity index is 1.87. The summed E-state index contributed by atoms with van der Waals surface area (Å²) in [6.07, 6.45) is 3.52. The molecule has 1 aromatic heterocycles. The predicted molar refractivity (Wildman–Crippen MR) is 73.1 cm³/mol. The quantitative estimate of drug-likeness (QED) is 0.825. The van der Waals surface area contributed by atoms with Gasteiger partial charge in [0, 0.05) is 25.3 Å². The smallest absolute Gasteiger partial charge is 0.238 e. The third-order valence-electron chi connectivity index (χ3n) is 3.24. The summed E-state index contributed by atoms with van der Waals surface area (Å²) in [7, 11) is 1.53. The second kappa shape index (κ2) is 6.49. The summed E-state index contributed by atoms with van der Waals surface area (Å²) in [6, 6.07) is 3.81. The Bertz CT molecular complexity index is 430. The number of rotatable bonds is 4. The molecule has 1 aliphatic heterocycles. The lowest BCUT2D eigenvalue weighted by molar-refractivity contribution is -0.117. The zero-order valence-electron chi connectivity index (χ0n) is 11.1. The SMILES string of the molecule is COc1ncccc1NC(=O)CN1CCC(N)CC1. The maximum atomic E-state index is 12.0. The molecule has 6 nitrogen and oxygen atoms in total. The largest absolute Gasteiger partial charge is 0.480 e. The lowest BCUT2D eigenvalue weighted by Crippen LogP contribution is -2.43. The highest BCUT2D eigenvalue weighted by Crippen LogP contribution is 2.19. The van der Waals surface area contributed by atoms with Gasteiger partial charge in [-0.1, -0.05) is 0 Å². The van der Waals surface area contributed by atoms with E-state index in [1.807, 2.05) is 0 Å². The molecule has 2 rings (SSSR count). The summed E-state index contributed by atoms with van der Waals surface area (Å²) in [6.45, 7) is 2.13. The normalized spacial score (nSPS) is 17.2. The fourth-order valence-electron chi connectivity index (χ4n) is 2.15. The molecule has 0 bridgehead atoms. The van der Waals surface area contributed by atoms with Gasteiger partial charge >= 0.3 is 0 Å². The van der Waals surface area contributed by atoms with Crippen molar-refractivity contribution < 1.29 is 9.53 Å². The van der Waals surface area contributed by atoms with Crippen molar-refractivity contribution in [1.82, 2.24) is 9.88 Å². The molecule has 0 unspecified atom stereocenters. The molecule has 3 N–H and O–H groups in total. The number of nitrogens with one attached hydrogen (secondary N) is 1. The number of methoxy groups -OCH3 is 1. The molecule has 6 heteroatoms. The van der Waals surface area contributed by atoms with Gasteiger partial charge in [0.1, 0.15) is 5.69 Å². The summed E-state index contributed by atoms with van der Waals surface area (Å²) < 4.78 is 5.09. The number of carbonyl (C=O) groups is 1. The predicted octanol–water partition coefficient (Wildman–Crippen LogP) is 0.452. The van der Waals surface area contributed by atoms with Crippen LogP contribution in [0.4, 0.5) is 5.69 Å². The van der Waals surface area contributed by atoms with Gasteiger partial charge in [-0.05, 0) is 25.0 Å². The van der Waals surface area contributed by atoms with Gasteiger partial charge in [0.2, 0.25) is 11.8 Å². The first-order valence-electron chi connectivity index (χ1n) is 6.46. The number of aromatic nitrogens is 1. The number of anilines is 1. The average Bonchev–Trinajstić information content (AvgIpc) is 2.42. The Hall–Kier alpha value is -1.66. The minimum atomic E-state index is -0.0539. The Labute approximate surface area is 112 Å². The summed E-state index contributed by atoms with van der Waals surface area (Å²) in [5.74, 6) is 0.373. The maximum absolute atomic E-state index is 12.0. The number of hydrogen-bond donors (Lipinski definition) is 2. The minimum absolute atomic E-state index is 0.0539. The first-order valence-corrected chi connectivity index (χ1v) is 6.46. The molecular formula is C13H20N4O2. The van der Waals surface area contributed by atoms with Crippen LogP contribution < -0.4 is 15.8 Å². The average molecular weight is 264 g/mol. The van der Waals surface area contributed by atoms with E-state index in [0.717, 1.165) is 25.9 Å². The van der Waals surface area contributed by atoms with Crippen molar-refractivity contribution in [3.8, 4) is 5.88 Å². The zero-order chi connectivity index (χ0) is 13.7. The van der Waals surface area contributed by atoms with E-state index in [4.69, 9.17) is 10.5 Å². The van der Waals surface area contributed by atoms with Crippen LogP contribution in [-0.4, -0.2) is 48.6 Å². The molecular weight excluding hydrogens is 244 g/mol. The first-order chi connectivity index (χ1) is 9.19. The number of hydrogen-bond acceptors (Lipinski definition) is 5. The second-order valence-electron chi connectivity index (χ2n) is 4.72. The first kappa shape index (κ1) is 13.8. The molecule has 1 aliphatic rings. The van der Waals surface area contributed by atoms with Crippen LogP contribution in [0.15, 0.2) is 18.3 Å². The number of amides is 1. The molecule has 0 aromatic carbocycles. The monoisotopic (exact) mass is 264 g/mol. The minimum Gasteiger partial charge on any atom is -0.480 e. The Morgan fingerprint density at radius 1 is 1.58 bits per heavy atom. The number of piperidine rings is 1. The standard InChI is InChI=1S/C13H20N4O2/c1-19-13-11(3-2-6-15-13)16-12(18)9-17-7-4-10(14)5-8-17/h2-3,6,10H,4-5,7-9,14H2,1H3,(H,16,18). The van der Waals surface area contributed by atoms with Gasteiger partial charge in [-0.25, -0.2) is 4.98 Å². The van der Waals surface area contributed by atoms with Crippen LogP contribution in [0.5, 0.6) is 5.88 Å². The molecule has 0 aliphatic carbocycles. The lowest BCUT2D eigenvalue weighted by atomic mass is 10.1. The molecule has 0 saturated carbocycles. The molecule has 104 valence electrons. The van der Waals surface area contributed by atoms with Crippen molar-refractivity contribution >= 4 is 11.6 Å². The van der Waals surface area contributed by atoms with E-state index in [1.54, 1.807) is 18.3 Å². The van der Waals surface area contributed by atoms with Crippen LogP contribution in [0.2, 0.25) is 0 Å². The van der Waals surface area contributed by atoms with Crippen LogP contribution >= 0.6 is 0 Å². The zero-order valence-corrected chi connectivity index (χ0v) is 11.1. The van der Waals surface area contributed by atoms with E-state index < -0.39 is 0 Å². The molecule has 2 heterocycles. The van der Waals surface area contributed by atoms with Crippen molar-refractivity contribution in [2.24, 2.45) is 5.73 Å². The van der Waals surface area contributed by atoms with Gasteiger partial charge in [-0.2, -0.15) is 0 Å². The van der Waals surface area contributed by atoms with E-state index in [2.05, 4.69) is 15.2 Å². The van der Waals surface area contributed by atoms with Gasteiger partial charge in [-0.15, -0.1) is 0 Å². The van der Waals surface area contributed by atoms with Gasteiger partial charge in [0.15, 0.2) is 0 Å². The van der Waals surface area contributed by atoms with Crippen LogP contribution in [0.1, 0.15) is 12.8 Å². The summed E-state index contributed by atoms with van der Waals surface area (Å²) >= 11 is 0. The molecule has 1 aromatic rings. The number of pyridine rings is 1. The van der Waals surface area contributed by atoms with Crippen molar-refractivity contribution in [2.75, 3.05) is 32.1 Å². The third-order valence-corrected chi connectivity index (χ3v) is 3.24. The summed E-state index contributed by atoms with van der Waals surface area (Å²) in [4.78, 5) is 18.1. The lowest BCUT2D eigenvalue weighted by Gasteiger charge is -2.29. The van der Waals surface area contributed by atoms with Crippen molar-refractivity contribution in [3.63, 3.8) is 0 Å². The van der Waals surface area contributed by atoms with Crippen LogP contribution in [-0.2, 0) is 4.79 Å². The highest BCUT2D eigenvalue weighted by Gasteiger charge is 2.18. The van der Waals surface area contributed by atoms with Gasteiger partial charge in [0.25, 0.3) is 0 Å². The number of nitrogens with two attached hydrogens (primary N) is 1. The highest BCUT2D eigenvalue weighted by molar-refractivity contribution is 5.93. The van der Waals surface area contributed by atoms with Crippen molar-refractivity contribution in [1.29, 1.82) is 0 Å². The molecule has 1 saturated heterocycles. The Kier molecular flexibility index (Phi) is 4.70. The molecule has 0 radical (unpaired) electrons. The number of likely N-dealkylation sites (tertiary alicyclic amines) is 1. The Morgan fingerprint density at radius 3 is 3.00 bits per heavy atom. The van der Waals surface area contributed by atoms with Crippen LogP contribution in [0.3, 0.4) is 0 Å². The van der Waals surface area contributed by atoms with Crippen LogP contribution in [0.25, 0.3) is 0 Å². The number of nitrogens with zero attached hydrogens (tertiary/aromatic N) is 2. The van der Waals surface area contributed by atoms with E-state index in [-0.39, 0.29) is 11.9 Å². The maximum Gasteiger partial charge on any atom is 0.238 e. The van der Waals surface area contributed by atoms with E-state index >= 15 is 0 Å². The molecule has 1 amide bonds. The van der Waals surface area contributed by atoms with Crippen molar-refractivity contribution in [3.05, 3.63) is 18.3 Å². The Morgan fingerprint density at radius 2 is 2.32 bits per heavy atom. The topological polar surface area (TPSA) is 80.5 Å².